The molecular weight excluding hydrogens is 585 g/mol. The maximum absolute atomic E-state index is 16.6. The van der Waals surface area contributed by atoms with Crippen LogP contribution in [0.4, 0.5) is 18.0 Å². The number of nitrogens with one attached hydrogen (secondary N) is 3. The highest BCUT2D eigenvalue weighted by Gasteiger charge is 2.58. The number of amides is 3. The fourth-order valence-electron chi connectivity index (χ4n) is 9.64. The van der Waals surface area contributed by atoms with Crippen LogP contribution in [0.15, 0.2) is 12.7 Å². The number of halogens is 3. The molecule has 9 nitrogen and oxygen atoms in total. The number of alkyl halides is 3. The standard InChI is InChI=1S/C33H53F3N6O3/c1-6-25(43)40-15-19(5)41(16-18(40)4)31-21-14-23(35)29-26-24(10-9-22(34)27(26)36)45-13-7-8-20-11-12-37-28(17(2)3)30(20)42(32(21)38-29)33(44)39-31/h6,17-24,26-32,37-38H,1,7-16H2,2-5H3,(H,39,44)/t18-,19+,20?,21?,22?,23?,24?,26?,27?,28?,29?,30?,31?,32?/m1/s1. The smallest absolute Gasteiger partial charge is 0.320 e. The molecule has 1 saturated carbocycles. The van der Waals surface area contributed by atoms with Crippen LogP contribution >= 0.6 is 0 Å². The van der Waals surface area contributed by atoms with Gasteiger partial charge in [0.25, 0.3) is 0 Å². The van der Waals surface area contributed by atoms with E-state index in [0.717, 1.165) is 25.8 Å². The van der Waals surface area contributed by atoms with Crippen molar-refractivity contribution in [3.8, 4) is 0 Å². The van der Waals surface area contributed by atoms with E-state index in [1.54, 1.807) is 4.90 Å². The lowest BCUT2D eigenvalue weighted by Crippen LogP contribution is -2.80. The highest BCUT2D eigenvalue weighted by atomic mass is 19.2. The number of piperidine rings is 2. The Kier molecular flexibility index (Phi) is 9.77. The van der Waals surface area contributed by atoms with E-state index in [1.165, 1.54) is 6.08 Å². The molecule has 0 spiro atoms. The van der Waals surface area contributed by atoms with Crippen molar-refractivity contribution < 1.29 is 27.5 Å². The molecule has 5 aliphatic heterocycles. The molecule has 5 heterocycles. The minimum Gasteiger partial charge on any atom is -0.378 e. The van der Waals surface area contributed by atoms with Gasteiger partial charge in [0.15, 0.2) is 0 Å². The molecule has 254 valence electrons. The fourth-order valence-corrected chi connectivity index (χ4v) is 9.64. The molecule has 12 heteroatoms. The van der Waals surface area contributed by atoms with Crippen molar-refractivity contribution in [3.63, 3.8) is 0 Å². The highest BCUT2D eigenvalue weighted by Crippen LogP contribution is 2.44. The Morgan fingerprint density at radius 3 is 2.56 bits per heavy atom. The molecule has 2 bridgehead atoms. The Hall–Kier alpha value is -1.89. The maximum atomic E-state index is 16.6. The van der Waals surface area contributed by atoms with Gasteiger partial charge in [-0.2, -0.15) is 0 Å². The van der Waals surface area contributed by atoms with Crippen molar-refractivity contribution in [3.05, 3.63) is 12.7 Å². The van der Waals surface area contributed by atoms with Gasteiger partial charge in [0.05, 0.1) is 24.5 Å². The van der Waals surface area contributed by atoms with Gasteiger partial charge in [0.2, 0.25) is 5.91 Å². The van der Waals surface area contributed by atoms with Crippen molar-refractivity contribution in [2.75, 3.05) is 26.2 Å². The van der Waals surface area contributed by atoms with E-state index in [4.69, 9.17) is 4.74 Å². The first-order valence-electron chi connectivity index (χ1n) is 17.3. The van der Waals surface area contributed by atoms with Crippen LogP contribution in [0.1, 0.15) is 66.2 Å². The number of hydrogen-bond acceptors (Lipinski definition) is 6. The third-order valence-electron chi connectivity index (χ3n) is 11.8. The van der Waals surface area contributed by atoms with Gasteiger partial charge in [-0.25, -0.2) is 18.0 Å². The Balaban J connectivity index is 1.39. The molecule has 1 aliphatic carbocycles. The number of hydrogen-bond donors (Lipinski definition) is 3. The molecule has 6 fully saturated rings. The number of ether oxygens (including phenoxy) is 1. The van der Waals surface area contributed by atoms with Crippen molar-refractivity contribution in [1.29, 1.82) is 0 Å². The average molecular weight is 639 g/mol. The number of rotatable bonds is 3. The highest BCUT2D eigenvalue weighted by molar-refractivity contribution is 5.87. The minimum absolute atomic E-state index is 0.0258. The van der Waals surface area contributed by atoms with E-state index in [-0.39, 0.29) is 66.7 Å². The van der Waals surface area contributed by atoms with Crippen LogP contribution in [0, 0.1) is 23.7 Å². The second-order valence-electron chi connectivity index (χ2n) is 14.9. The number of carbonyl (C=O) groups excluding carboxylic acids is 2. The van der Waals surface area contributed by atoms with Crippen LogP contribution in [0.2, 0.25) is 0 Å². The summed E-state index contributed by atoms with van der Waals surface area (Å²) in [6.45, 7) is 14.2. The molecule has 6 aliphatic rings. The predicted octanol–water partition coefficient (Wildman–Crippen LogP) is 3.36. The van der Waals surface area contributed by atoms with Gasteiger partial charge in [0, 0.05) is 55.7 Å². The number of fused-ring (bicyclic) bond motifs is 5. The van der Waals surface area contributed by atoms with Crippen LogP contribution in [-0.2, 0) is 9.53 Å². The van der Waals surface area contributed by atoms with Crippen LogP contribution in [0.5, 0.6) is 0 Å². The van der Waals surface area contributed by atoms with E-state index >= 15 is 8.78 Å². The third kappa shape index (κ3) is 6.02. The minimum atomic E-state index is -1.84. The molecule has 3 N–H and O–H groups in total. The summed E-state index contributed by atoms with van der Waals surface area (Å²) in [7, 11) is 0. The van der Waals surface area contributed by atoms with Crippen LogP contribution in [0.25, 0.3) is 0 Å². The van der Waals surface area contributed by atoms with Gasteiger partial charge in [-0.1, -0.05) is 20.4 Å². The normalized spacial score (nSPS) is 46.3. The van der Waals surface area contributed by atoms with Gasteiger partial charge >= 0.3 is 6.03 Å². The molecule has 0 aromatic heterocycles. The first-order chi connectivity index (χ1) is 21.5. The van der Waals surface area contributed by atoms with Crippen molar-refractivity contribution in [2.45, 2.75) is 133 Å². The van der Waals surface area contributed by atoms with Gasteiger partial charge in [-0.15, -0.1) is 0 Å². The lowest BCUT2D eigenvalue weighted by atomic mass is 9.72. The van der Waals surface area contributed by atoms with Gasteiger partial charge in [0.1, 0.15) is 18.5 Å². The molecule has 45 heavy (non-hydrogen) atoms. The average Bonchev–Trinajstić information content (AvgIpc) is 3.01. The predicted molar refractivity (Wildman–Crippen MR) is 165 cm³/mol. The summed E-state index contributed by atoms with van der Waals surface area (Å²) in [5.74, 6) is -1.02. The van der Waals surface area contributed by atoms with Gasteiger partial charge in [-0.05, 0) is 76.8 Å². The summed E-state index contributed by atoms with van der Waals surface area (Å²) in [6, 6.07) is -1.56. The van der Waals surface area contributed by atoms with Crippen molar-refractivity contribution >= 4 is 11.9 Å². The molecule has 0 aromatic rings. The topological polar surface area (TPSA) is 89.2 Å². The Morgan fingerprint density at radius 1 is 1.04 bits per heavy atom. The maximum Gasteiger partial charge on any atom is 0.320 e. The summed E-state index contributed by atoms with van der Waals surface area (Å²) < 4.78 is 53.5. The van der Waals surface area contributed by atoms with Crippen molar-refractivity contribution in [1.82, 2.24) is 30.7 Å². The Bertz CT molecular complexity index is 1100. The molecule has 12 unspecified atom stereocenters. The number of urea groups is 1. The first kappa shape index (κ1) is 33.0. The second kappa shape index (κ2) is 13.3. The summed E-state index contributed by atoms with van der Waals surface area (Å²) >= 11 is 0. The zero-order valence-electron chi connectivity index (χ0n) is 27.2. The van der Waals surface area contributed by atoms with Crippen LogP contribution in [0.3, 0.4) is 0 Å². The lowest BCUT2D eigenvalue weighted by Gasteiger charge is -2.60. The molecule has 14 atom stereocenters. The SMILES string of the molecule is C=CC(=O)N1C[C@H](C)N(C2NC(=O)N3C4NC(C(F)CC42)C2C(CCC(F)C2F)OCCCC2CCNC(C(C)C)C23)C[C@H]1C. The molecule has 3 amide bonds. The largest absolute Gasteiger partial charge is 0.378 e. The quantitative estimate of drug-likeness (QED) is 0.411. The molecular formula is C33H53F3N6O3. The van der Waals surface area contributed by atoms with Crippen LogP contribution < -0.4 is 16.0 Å². The van der Waals surface area contributed by atoms with E-state index < -0.39 is 48.9 Å². The van der Waals surface area contributed by atoms with E-state index in [9.17, 15) is 14.0 Å². The van der Waals surface area contributed by atoms with Crippen molar-refractivity contribution in [2.24, 2.45) is 23.7 Å². The van der Waals surface area contributed by atoms with E-state index in [1.807, 2.05) is 18.7 Å². The van der Waals surface area contributed by atoms with Crippen LogP contribution in [-0.4, -0.2) is 120 Å². The number of carbonyl (C=O) groups is 2. The third-order valence-corrected chi connectivity index (χ3v) is 11.8. The summed E-state index contributed by atoms with van der Waals surface area (Å²) in [4.78, 5) is 32.9. The molecule has 0 aromatic carbocycles. The number of piperazine rings is 1. The van der Waals surface area contributed by atoms with E-state index in [2.05, 4.69) is 41.3 Å². The Morgan fingerprint density at radius 2 is 1.82 bits per heavy atom. The monoisotopic (exact) mass is 638 g/mol. The zero-order chi connectivity index (χ0) is 32.2. The number of nitrogens with zero attached hydrogens (tertiary/aromatic N) is 3. The molecule has 6 rings (SSSR count). The zero-order valence-corrected chi connectivity index (χ0v) is 27.2. The lowest BCUT2D eigenvalue weighted by molar-refractivity contribution is -0.141. The van der Waals surface area contributed by atoms with Gasteiger partial charge < -0.3 is 25.2 Å². The molecule has 5 saturated heterocycles. The molecule has 0 radical (unpaired) electrons. The Labute approximate surface area is 266 Å². The van der Waals surface area contributed by atoms with Gasteiger partial charge in [-0.3, -0.25) is 15.0 Å². The fraction of sp³-hybridized carbons (Fsp3) is 0.879. The second-order valence-corrected chi connectivity index (χ2v) is 14.9. The van der Waals surface area contributed by atoms with E-state index in [0.29, 0.717) is 26.1 Å². The first-order valence-corrected chi connectivity index (χ1v) is 17.3. The summed E-state index contributed by atoms with van der Waals surface area (Å²) in [5, 5.41) is 10.5. The summed E-state index contributed by atoms with van der Waals surface area (Å²) in [5.41, 5.74) is 0. The summed E-state index contributed by atoms with van der Waals surface area (Å²) in [6.07, 6.45) is -2.25.